The number of nitrogen functional groups attached to an aromatic ring is 1. The second kappa shape index (κ2) is 3.15. The van der Waals surface area contributed by atoms with E-state index in [2.05, 4.69) is 4.74 Å². The summed E-state index contributed by atoms with van der Waals surface area (Å²) in [5.41, 5.74) is 3.94. The average molecular weight is 174 g/mol. The van der Waals surface area contributed by atoms with Gasteiger partial charge in [-0.25, -0.2) is 0 Å². The second-order valence-electron chi connectivity index (χ2n) is 2.09. The molecule has 1 fully saturated rings. The molecular formula is C10H13NO. The van der Waals surface area contributed by atoms with Crippen molar-refractivity contribution in [2.24, 2.45) is 0 Å². The lowest BCUT2D eigenvalue weighted by Crippen LogP contribution is -1.97. The van der Waals surface area contributed by atoms with E-state index in [1.807, 2.05) is 0 Å². The van der Waals surface area contributed by atoms with E-state index in [4.69, 9.17) is 20.8 Å². The molecule has 0 spiro atoms. The van der Waals surface area contributed by atoms with E-state index >= 15 is 0 Å². The van der Waals surface area contributed by atoms with E-state index in [-0.39, 0.29) is 0 Å². The van der Waals surface area contributed by atoms with Crippen LogP contribution in [0.15, 0.2) is 24.2 Å². The predicted molar refractivity (Wildman–Crippen MR) is 49.0 cm³/mol. The maximum Gasteiger partial charge on any atom is 0.0645 e. The third-order valence-electron chi connectivity index (χ3n) is 1.27. The summed E-state index contributed by atoms with van der Waals surface area (Å²) in [6.45, 7) is -6.47. The Kier molecular flexibility index (Phi) is 0.544. The Bertz CT molecular complexity index is 659. The van der Waals surface area contributed by atoms with Gasteiger partial charge in [0.25, 0.3) is 0 Å². The number of ether oxygens (including phenoxy) is 1. The molecule has 1 unspecified atom stereocenters. The van der Waals surface area contributed by atoms with Gasteiger partial charge in [0.1, 0.15) is 0 Å². The van der Waals surface area contributed by atoms with Crippen molar-refractivity contribution < 1.29 is 19.8 Å². The van der Waals surface area contributed by atoms with Crippen molar-refractivity contribution in [2.75, 3.05) is 18.9 Å². The highest BCUT2D eigenvalue weighted by atomic mass is 16.5. The topological polar surface area (TPSA) is 35.2 Å². The second-order valence-corrected chi connectivity index (χ2v) is 2.09. The fourth-order valence-electron chi connectivity index (χ4n) is 0.739. The molecule has 1 aromatic carbocycles. The van der Waals surface area contributed by atoms with Gasteiger partial charge in [-0.2, -0.15) is 0 Å². The largest absolute Gasteiger partial charge is 0.399 e. The fraction of sp³-hybridized carbons (Fsp3) is 0.400. The maximum atomic E-state index is 8.27. The summed E-state index contributed by atoms with van der Waals surface area (Å²) in [7, 11) is 0. The van der Waals surface area contributed by atoms with Gasteiger partial charge in [-0.3, -0.25) is 0 Å². The van der Waals surface area contributed by atoms with Gasteiger partial charge in [-0.15, -0.1) is 0 Å². The number of benzene rings is 1. The highest BCUT2D eigenvalue weighted by molar-refractivity contribution is 5.40. The Morgan fingerprint density at radius 2 is 2.33 bits per heavy atom. The highest BCUT2D eigenvalue weighted by Crippen LogP contribution is 2.25. The standard InChI is InChI=1S/C10H13NO/c11-10-3-1-8(2-4-10)9-5-6-12-7-9/h1-4,9H,5-7,11H2/i1D,2D,3D,4D,5D2,6D2,7D2,9D. The van der Waals surface area contributed by atoms with Crippen molar-refractivity contribution in [1.29, 1.82) is 0 Å². The third-order valence-corrected chi connectivity index (χ3v) is 1.27. The molecule has 0 bridgehead atoms. The van der Waals surface area contributed by atoms with Gasteiger partial charge < -0.3 is 10.5 Å². The van der Waals surface area contributed by atoms with Gasteiger partial charge in [0.05, 0.1) is 17.5 Å². The average Bonchev–Trinajstić information content (AvgIpc) is 2.49. The van der Waals surface area contributed by atoms with Crippen LogP contribution in [0.4, 0.5) is 5.69 Å². The summed E-state index contributed by atoms with van der Waals surface area (Å²) in [5, 5.41) is 0. The Balaban J connectivity index is 2.95. The smallest absolute Gasteiger partial charge is 0.0645 e. The maximum absolute atomic E-state index is 8.27. The van der Waals surface area contributed by atoms with Crippen LogP contribution < -0.4 is 5.73 Å². The number of hydrogen-bond donors (Lipinski definition) is 1. The normalized spacial score (nSPS) is 54.8. The van der Waals surface area contributed by atoms with E-state index in [0.29, 0.717) is 0 Å². The minimum Gasteiger partial charge on any atom is -0.399 e. The van der Waals surface area contributed by atoms with Crippen LogP contribution in [-0.2, 0) is 4.74 Å². The summed E-state index contributed by atoms with van der Waals surface area (Å²) in [6, 6.07) is -3.33. The minimum absolute atomic E-state index is 0.532. The molecule has 12 heavy (non-hydrogen) atoms. The van der Waals surface area contributed by atoms with Crippen molar-refractivity contribution in [3.63, 3.8) is 0 Å². The zero-order valence-corrected chi connectivity index (χ0v) is 5.99. The van der Waals surface area contributed by atoms with E-state index < -0.39 is 60.8 Å². The number of rotatable bonds is 1. The van der Waals surface area contributed by atoms with Crippen LogP contribution >= 0.6 is 0 Å². The van der Waals surface area contributed by atoms with Gasteiger partial charge in [-0.1, -0.05) is 12.1 Å². The molecule has 1 atom stereocenters. The molecule has 1 saturated heterocycles. The Morgan fingerprint density at radius 1 is 1.58 bits per heavy atom. The number of hydrogen-bond acceptors (Lipinski definition) is 2. The van der Waals surface area contributed by atoms with Gasteiger partial charge in [0, 0.05) is 22.3 Å². The first-order valence-electron chi connectivity index (χ1n) is 8.70. The lowest BCUT2D eigenvalue weighted by atomic mass is 9.98. The Morgan fingerprint density at radius 3 is 2.92 bits per heavy atom. The van der Waals surface area contributed by atoms with Crippen molar-refractivity contribution in [3.05, 3.63) is 29.7 Å². The highest BCUT2D eigenvalue weighted by Gasteiger charge is 2.16. The van der Waals surface area contributed by atoms with Gasteiger partial charge in [0.2, 0.25) is 0 Å². The molecule has 0 amide bonds. The van der Waals surface area contributed by atoms with Crippen LogP contribution in [0.2, 0.25) is 0 Å². The van der Waals surface area contributed by atoms with Crippen molar-refractivity contribution in [3.8, 4) is 0 Å². The minimum atomic E-state index is -3.30. The molecule has 2 heteroatoms. The van der Waals surface area contributed by atoms with Crippen LogP contribution in [0.1, 0.15) is 32.9 Å². The number of anilines is 1. The molecule has 0 radical (unpaired) electrons. The SMILES string of the molecule is [2H]c1c([2H])c(C2([2H])C([2H])([2H])OC([2H])([2H])C2([2H])[2H])c([2H])c([2H])c1N. The molecule has 2 rings (SSSR count). The van der Waals surface area contributed by atoms with Crippen LogP contribution in [0.3, 0.4) is 0 Å². The van der Waals surface area contributed by atoms with Crippen LogP contribution in [-0.4, -0.2) is 13.1 Å². The first kappa shape index (κ1) is 2.07. The van der Waals surface area contributed by atoms with E-state index in [1.165, 1.54) is 0 Å². The molecule has 64 valence electrons. The van der Waals surface area contributed by atoms with Crippen LogP contribution in [0.25, 0.3) is 0 Å². The summed E-state index contributed by atoms with van der Waals surface area (Å²) >= 11 is 0. The lowest BCUT2D eigenvalue weighted by Gasteiger charge is -2.07. The van der Waals surface area contributed by atoms with Crippen LogP contribution in [0.5, 0.6) is 0 Å². The molecule has 0 saturated carbocycles. The molecule has 0 aliphatic carbocycles. The summed E-state index contributed by atoms with van der Waals surface area (Å²) in [4.78, 5) is 0. The Hall–Kier alpha value is -1.02. The molecule has 2 N–H and O–H groups in total. The predicted octanol–water partition coefficient (Wildman–Crippen LogP) is 1.77. The lowest BCUT2D eigenvalue weighted by molar-refractivity contribution is 0.194. The van der Waals surface area contributed by atoms with E-state index in [9.17, 15) is 0 Å². The number of nitrogens with two attached hydrogens (primary N) is 1. The zero-order valence-electron chi connectivity index (χ0n) is 17.0. The van der Waals surface area contributed by atoms with Crippen molar-refractivity contribution in [2.45, 2.75) is 12.3 Å². The van der Waals surface area contributed by atoms with Crippen LogP contribution in [0, 0.1) is 0 Å². The first-order valence-corrected chi connectivity index (χ1v) is 3.20. The quantitative estimate of drug-likeness (QED) is 0.659. The monoisotopic (exact) mass is 174 g/mol. The van der Waals surface area contributed by atoms with Gasteiger partial charge in [0.15, 0.2) is 0 Å². The molecule has 0 aromatic heterocycles. The van der Waals surface area contributed by atoms with E-state index in [0.717, 1.165) is 0 Å². The Labute approximate surface area is 87.8 Å². The molecule has 1 heterocycles. The summed E-state index contributed by atoms with van der Waals surface area (Å²) in [5.74, 6) is -3.18. The van der Waals surface area contributed by atoms with E-state index in [1.54, 1.807) is 0 Å². The van der Waals surface area contributed by atoms with Crippen molar-refractivity contribution in [1.82, 2.24) is 0 Å². The van der Waals surface area contributed by atoms with Gasteiger partial charge in [-0.05, 0) is 24.0 Å². The summed E-state index contributed by atoms with van der Waals surface area (Å²) < 4.78 is 89.9. The molecular weight excluding hydrogens is 150 g/mol. The molecule has 2 nitrogen and oxygen atoms in total. The first-order chi connectivity index (χ1) is 10.1. The van der Waals surface area contributed by atoms with Crippen molar-refractivity contribution >= 4 is 5.69 Å². The molecule has 1 aliphatic rings. The molecule has 1 aromatic rings. The molecule has 1 aliphatic heterocycles. The summed E-state index contributed by atoms with van der Waals surface area (Å²) in [6.07, 6.45) is -3.30. The zero-order chi connectivity index (χ0) is 18.2. The fourth-order valence-corrected chi connectivity index (χ4v) is 0.739. The third kappa shape index (κ3) is 1.43. The van der Waals surface area contributed by atoms with Gasteiger partial charge >= 0.3 is 0 Å².